The molecule has 2 aromatic heterocycles. The van der Waals surface area contributed by atoms with Crippen LogP contribution in [0.1, 0.15) is 52.4 Å². The largest absolute Gasteiger partial charge is 0.416 e. The molecule has 3 heterocycles. The van der Waals surface area contributed by atoms with Gasteiger partial charge in [0, 0.05) is 19.3 Å². The molecule has 0 radical (unpaired) electrons. The molecule has 1 spiro atoms. The molecular formula is C26H29F3N6OS. The number of carbonyl (C=O) groups is 1. The van der Waals surface area contributed by atoms with E-state index in [2.05, 4.69) is 20.1 Å². The zero-order valence-electron chi connectivity index (χ0n) is 20.8. The van der Waals surface area contributed by atoms with E-state index in [4.69, 9.17) is 5.73 Å². The molecule has 2 aliphatic rings. The topological polar surface area (TPSA) is 89.9 Å². The average molecular weight is 531 g/mol. The molecule has 2 N–H and O–H groups in total. The monoisotopic (exact) mass is 530 g/mol. The van der Waals surface area contributed by atoms with E-state index in [0.717, 1.165) is 60.9 Å². The van der Waals surface area contributed by atoms with Gasteiger partial charge in [0.25, 0.3) is 5.91 Å². The van der Waals surface area contributed by atoms with Crippen molar-refractivity contribution in [1.29, 1.82) is 0 Å². The van der Waals surface area contributed by atoms with Crippen molar-refractivity contribution in [2.75, 3.05) is 25.4 Å². The molecule has 1 aliphatic heterocycles. The Kier molecular flexibility index (Phi) is 6.78. The molecule has 1 saturated carbocycles. The van der Waals surface area contributed by atoms with Crippen LogP contribution in [0.5, 0.6) is 0 Å². The Balaban J connectivity index is 1.11. The minimum Gasteiger partial charge on any atom is -0.364 e. The van der Waals surface area contributed by atoms with E-state index < -0.39 is 17.6 Å². The molecule has 2 fully saturated rings. The Bertz CT molecular complexity index is 1310. The van der Waals surface area contributed by atoms with Crippen LogP contribution in [0.2, 0.25) is 0 Å². The first-order valence-corrected chi connectivity index (χ1v) is 13.3. The first kappa shape index (κ1) is 25.7. The van der Waals surface area contributed by atoms with Crippen molar-refractivity contribution in [3.8, 4) is 11.5 Å². The number of alkyl halides is 3. The number of hydrogen-bond donors (Lipinski definition) is 1. The molecular weight excluding hydrogens is 501 g/mol. The van der Waals surface area contributed by atoms with E-state index >= 15 is 0 Å². The summed E-state index contributed by atoms with van der Waals surface area (Å²) in [5.41, 5.74) is 7.70. The fraction of sp³-hybridized carbons (Fsp3) is 0.462. The van der Waals surface area contributed by atoms with Crippen molar-refractivity contribution in [3.05, 3.63) is 58.8 Å². The highest BCUT2D eigenvalue weighted by Crippen LogP contribution is 2.64. The first-order chi connectivity index (χ1) is 17.6. The molecule has 0 bridgehead atoms. The van der Waals surface area contributed by atoms with Gasteiger partial charge in [-0.3, -0.25) is 4.79 Å². The summed E-state index contributed by atoms with van der Waals surface area (Å²) in [4.78, 5) is 18.4. The van der Waals surface area contributed by atoms with Crippen molar-refractivity contribution in [2.45, 2.75) is 43.4 Å². The van der Waals surface area contributed by atoms with Gasteiger partial charge in [-0.05, 0) is 79.9 Å². The highest BCUT2D eigenvalue weighted by molar-refractivity contribution is 7.99. The Labute approximate surface area is 217 Å². The lowest BCUT2D eigenvalue weighted by molar-refractivity contribution is -0.137. The number of amides is 1. The third kappa shape index (κ3) is 5.24. The van der Waals surface area contributed by atoms with Gasteiger partial charge in [-0.1, -0.05) is 30.0 Å². The number of nitrogens with zero attached hydrogens (tertiary/aromatic N) is 5. The molecule has 1 amide bonds. The van der Waals surface area contributed by atoms with Crippen LogP contribution >= 0.6 is 11.8 Å². The molecule has 1 aromatic carbocycles. The van der Waals surface area contributed by atoms with Gasteiger partial charge < -0.3 is 15.2 Å². The maximum Gasteiger partial charge on any atom is 0.416 e. The molecule has 3 aromatic rings. The zero-order valence-corrected chi connectivity index (χ0v) is 21.6. The predicted octanol–water partition coefficient (Wildman–Crippen LogP) is 4.67. The number of likely N-dealkylation sites (tertiary alicyclic amines) is 1. The van der Waals surface area contributed by atoms with Crippen LogP contribution in [0.15, 0.2) is 41.6 Å². The Hall–Kier alpha value is -2.92. The second kappa shape index (κ2) is 9.75. The van der Waals surface area contributed by atoms with Crippen LogP contribution in [0.25, 0.3) is 11.5 Å². The van der Waals surface area contributed by atoms with Gasteiger partial charge in [-0.25, -0.2) is 4.98 Å². The number of rotatable bonds is 8. The fourth-order valence-corrected chi connectivity index (χ4v) is 6.17. The normalized spacial score (nSPS) is 21.6. The molecule has 11 heteroatoms. The van der Waals surface area contributed by atoms with Crippen molar-refractivity contribution in [1.82, 2.24) is 24.6 Å². The van der Waals surface area contributed by atoms with Gasteiger partial charge in [-0.15, -0.1) is 10.2 Å². The molecule has 5 rings (SSSR count). The first-order valence-electron chi connectivity index (χ1n) is 12.3. The van der Waals surface area contributed by atoms with E-state index in [9.17, 15) is 18.0 Å². The van der Waals surface area contributed by atoms with Crippen LogP contribution in [-0.2, 0) is 13.2 Å². The van der Waals surface area contributed by atoms with Crippen LogP contribution in [0, 0.1) is 12.3 Å². The van der Waals surface area contributed by atoms with Crippen molar-refractivity contribution in [3.63, 3.8) is 0 Å². The molecule has 37 heavy (non-hydrogen) atoms. The number of thioether (sulfide) groups is 1. The lowest BCUT2D eigenvalue weighted by atomic mass is 9.97. The summed E-state index contributed by atoms with van der Waals surface area (Å²) < 4.78 is 40.5. The van der Waals surface area contributed by atoms with Gasteiger partial charge in [0.15, 0.2) is 11.0 Å². The number of nitrogens with two attached hydrogens (primary N) is 1. The second-order valence-electron chi connectivity index (χ2n) is 10.1. The zero-order chi connectivity index (χ0) is 26.4. The Morgan fingerprint density at radius 2 is 1.95 bits per heavy atom. The van der Waals surface area contributed by atoms with E-state index in [-0.39, 0.29) is 11.1 Å². The smallest absolute Gasteiger partial charge is 0.364 e. The van der Waals surface area contributed by atoms with Gasteiger partial charge in [0.05, 0.1) is 5.56 Å². The van der Waals surface area contributed by atoms with Gasteiger partial charge in [0.1, 0.15) is 11.4 Å². The summed E-state index contributed by atoms with van der Waals surface area (Å²) in [6.45, 7) is 4.90. The summed E-state index contributed by atoms with van der Waals surface area (Å²) in [7, 11) is 1.88. The van der Waals surface area contributed by atoms with Gasteiger partial charge in [-0.2, -0.15) is 13.2 Å². The third-order valence-corrected chi connectivity index (χ3v) is 8.65. The van der Waals surface area contributed by atoms with E-state index in [1.54, 1.807) is 36.0 Å². The quantitative estimate of drug-likeness (QED) is 0.337. The Morgan fingerprint density at radius 3 is 2.65 bits per heavy atom. The predicted molar refractivity (Wildman–Crippen MR) is 135 cm³/mol. The van der Waals surface area contributed by atoms with Gasteiger partial charge in [0.2, 0.25) is 0 Å². The summed E-state index contributed by atoms with van der Waals surface area (Å²) in [6, 6.07) is 9.11. The molecule has 1 saturated heterocycles. The summed E-state index contributed by atoms with van der Waals surface area (Å²) in [6.07, 6.45) is -1.16. The second-order valence-corrected chi connectivity index (χ2v) is 11.1. The Morgan fingerprint density at radius 1 is 1.19 bits per heavy atom. The van der Waals surface area contributed by atoms with Crippen LogP contribution < -0.4 is 5.73 Å². The lowest BCUT2D eigenvalue weighted by Crippen LogP contribution is -2.23. The van der Waals surface area contributed by atoms with E-state index in [1.165, 1.54) is 12.1 Å². The number of aromatic nitrogens is 4. The van der Waals surface area contributed by atoms with Crippen molar-refractivity contribution in [2.24, 2.45) is 18.2 Å². The van der Waals surface area contributed by atoms with Crippen molar-refractivity contribution >= 4 is 17.7 Å². The highest BCUT2D eigenvalue weighted by atomic mass is 32.2. The SMILES string of the molecule is Cc1ccc(C(N)=O)nc1-c1nnc(SCCCN2CC[C@]3(C[C@@H]3c3ccc(C(F)(F)F)cc3)C2)n1C. The van der Waals surface area contributed by atoms with Crippen LogP contribution in [0.3, 0.4) is 0 Å². The van der Waals surface area contributed by atoms with Gasteiger partial charge >= 0.3 is 6.18 Å². The van der Waals surface area contributed by atoms with Crippen molar-refractivity contribution < 1.29 is 18.0 Å². The highest BCUT2D eigenvalue weighted by Gasteiger charge is 2.57. The van der Waals surface area contributed by atoms with Crippen LogP contribution in [0.4, 0.5) is 13.2 Å². The number of halogens is 3. The summed E-state index contributed by atoms with van der Waals surface area (Å²) in [5.74, 6) is 1.24. The van der Waals surface area contributed by atoms with E-state index in [1.807, 2.05) is 18.5 Å². The standard InChI is InChI=1S/C26H29F3N6OS/c1-16-4-9-20(22(30)36)31-21(16)23-32-33-24(34(23)2)37-13-3-11-35-12-10-25(15-35)14-19(25)17-5-7-18(8-6-17)26(27,28)29/h4-9,19H,3,10-15H2,1-2H3,(H2,30,36)/t19-,25+/m1/s1. The number of benzene rings is 1. The number of aryl methyl sites for hydroxylation is 1. The molecule has 0 unspecified atom stereocenters. The molecule has 7 nitrogen and oxygen atoms in total. The maximum absolute atomic E-state index is 12.9. The third-order valence-electron chi connectivity index (χ3n) is 7.54. The number of pyridine rings is 1. The minimum absolute atomic E-state index is 0.192. The molecule has 196 valence electrons. The summed E-state index contributed by atoms with van der Waals surface area (Å²) >= 11 is 1.63. The average Bonchev–Trinajstić information content (AvgIpc) is 3.21. The minimum atomic E-state index is -4.29. The van der Waals surface area contributed by atoms with Crippen LogP contribution in [-0.4, -0.2) is 55.9 Å². The fourth-order valence-electron chi connectivity index (χ4n) is 5.34. The van der Waals surface area contributed by atoms with E-state index in [0.29, 0.717) is 17.4 Å². The number of carbonyl (C=O) groups excluding carboxylic acids is 1. The number of hydrogen-bond acceptors (Lipinski definition) is 6. The number of primary amides is 1. The lowest BCUT2D eigenvalue weighted by Gasteiger charge is -2.16. The maximum atomic E-state index is 12.9. The molecule has 1 aliphatic carbocycles. The summed E-state index contributed by atoms with van der Waals surface area (Å²) in [5, 5.41) is 9.38. The molecule has 2 atom stereocenters.